The van der Waals surface area contributed by atoms with Gasteiger partial charge in [0.25, 0.3) is 11.6 Å². The van der Waals surface area contributed by atoms with Crippen molar-refractivity contribution in [2.24, 2.45) is 0 Å². The normalized spacial score (nSPS) is 15.3. The maximum Gasteiger partial charge on any atom is 0.334 e. The van der Waals surface area contributed by atoms with E-state index in [2.05, 4.69) is 10.6 Å². The lowest BCUT2D eigenvalue weighted by molar-refractivity contribution is -0.384. The van der Waals surface area contributed by atoms with E-state index in [-0.39, 0.29) is 23.7 Å². The summed E-state index contributed by atoms with van der Waals surface area (Å²) in [7, 11) is 0. The van der Waals surface area contributed by atoms with Gasteiger partial charge in [-0.1, -0.05) is 37.3 Å². The average Bonchev–Trinajstić information content (AvgIpc) is 3.50. The molecule has 8 nitrogen and oxygen atoms in total. The Morgan fingerprint density at radius 3 is 2.43 bits per heavy atom. The van der Waals surface area contributed by atoms with E-state index in [1.165, 1.54) is 18.2 Å². The SMILES string of the molecule is CCC(NC(=O)c1ccc(NC2CC2)c([N+](=O)[O-])c1)(C(=O)O)c1ccccc1. The van der Waals surface area contributed by atoms with E-state index >= 15 is 0 Å². The molecule has 3 rings (SSSR count). The number of nitrogens with one attached hydrogen (secondary N) is 2. The van der Waals surface area contributed by atoms with Crippen LogP contribution in [0.1, 0.15) is 42.1 Å². The zero-order valence-electron chi connectivity index (χ0n) is 15.3. The van der Waals surface area contributed by atoms with Gasteiger partial charge in [0.05, 0.1) is 4.92 Å². The maximum atomic E-state index is 12.8. The van der Waals surface area contributed by atoms with Crippen molar-refractivity contribution >= 4 is 23.3 Å². The molecule has 0 spiro atoms. The largest absolute Gasteiger partial charge is 0.479 e. The first-order chi connectivity index (χ1) is 13.4. The quantitative estimate of drug-likeness (QED) is 0.475. The number of hydrogen-bond acceptors (Lipinski definition) is 5. The van der Waals surface area contributed by atoms with Gasteiger partial charge in [-0.05, 0) is 37.0 Å². The van der Waals surface area contributed by atoms with E-state index < -0.39 is 22.3 Å². The Labute approximate surface area is 161 Å². The van der Waals surface area contributed by atoms with E-state index in [1.807, 2.05) is 0 Å². The molecular weight excluding hydrogens is 362 g/mol. The van der Waals surface area contributed by atoms with Gasteiger partial charge < -0.3 is 15.7 Å². The third-order valence-electron chi connectivity index (χ3n) is 4.88. The second kappa shape index (κ2) is 7.67. The molecule has 0 heterocycles. The molecule has 3 N–H and O–H groups in total. The van der Waals surface area contributed by atoms with Crippen LogP contribution in [0.2, 0.25) is 0 Å². The minimum atomic E-state index is -1.63. The van der Waals surface area contributed by atoms with Crippen LogP contribution < -0.4 is 10.6 Å². The lowest BCUT2D eigenvalue weighted by Crippen LogP contribution is -2.51. The number of carboxylic acid groups (broad SMARTS) is 1. The van der Waals surface area contributed by atoms with Crippen molar-refractivity contribution in [3.63, 3.8) is 0 Å². The van der Waals surface area contributed by atoms with Gasteiger partial charge in [0.2, 0.25) is 0 Å². The Morgan fingerprint density at radius 2 is 1.89 bits per heavy atom. The maximum absolute atomic E-state index is 12.8. The number of nitro benzene ring substituents is 1. The highest BCUT2D eigenvalue weighted by molar-refractivity contribution is 5.99. The van der Waals surface area contributed by atoms with Gasteiger partial charge in [-0.2, -0.15) is 0 Å². The Bertz CT molecular complexity index is 911. The molecule has 2 aromatic carbocycles. The molecule has 146 valence electrons. The van der Waals surface area contributed by atoms with Crippen molar-refractivity contribution in [2.75, 3.05) is 5.32 Å². The topological polar surface area (TPSA) is 122 Å². The molecule has 1 saturated carbocycles. The number of nitro groups is 1. The molecule has 0 bridgehead atoms. The second-order valence-electron chi connectivity index (χ2n) is 6.79. The van der Waals surface area contributed by atoms with E-state index in [0.29, 0.717) is 11.3 Å². The van der Waals surface area contributed by atoms with Crippen LogP contribution in [-0.2, 0) is 10.3 Å². The van der Waals surface area contributed by atoms with Gasteiger partial charge >= 0.3 is 5.97 Å². The van der Waals surface area contributed by atoms with Crippen LogP contribution in [0.25, 0.3) is 0 Å². The predicted molar refractivity (Wildman–Crippen MR) is 103 cm³/mol. The van der Waals surface area contributed by atoms with E-state index in [1.54, 1.807) is 37.3 Å². The Balaban J connectivity index is 1.92. The van der Waals surface area contributed by atoms with E-state index in [4.69, 9.17) is 0 Å². The Kier molecular flexibility index (Phi) is 5.30. The molecule has 1 amide bonds. The van der Waals surface area contributed by atoms with Gasteiger partial charge in [-0.3, -0.25) is 14.9 Å². The predicted octanol–water partition coefficient (Wildman–Crippen LogP) is 3.29. The highest BCUT2D eigenvalue weighted by Crippen LogP contribution is 2.32. The number of carboxylic acids is 1. The molecular formula is C20H21N3O5. The Hall–Kier alpha value is -3.42. The standard InChI is InChI=1S/C20H21N3O5/c1-2-20(19(25)26,14-6-4-3-5-7-14)22-18(24)13-8-11-16(21-15-9-10-15)17(12-13)23(27)28/h3-8,11-12,15,21H,2,9-10H2,1H3,(H,22,24)(H,25,26). The van der Waals surface area contributed by atoms with Crippen molar-refractivity contribution in [3.05, 3.63) is 69.8 Å². The van der Waals surface area contributed by atoms with E-state index in [9.17, 15) is 24.8 Å². The molecule has 1 fully saturated rings. The number of amides is 1. The summed E-state index contributed by atoms with van der Waals surface area (Å²) in [6.45, 7) is 1.66. The highest BCUT2D eigenvalue weighted by Gasteiger charge is 2.40. The summed E-state index contributed by atoms with van der Waals surface area (Å²) in [6.07, 6.45) is 2.02. The fourth-order valence-electron chi connectivity index (χ4n) is 3.08. The molecule has 0 saturated heterocycles. The zero-order chi connectivity index (χ0) is 20.3. The lowest BCUT2D eigenvalue weighted by Gasteiger charge is -2.30. The number of aliphatic carboxylic acids is 1. The minimum absolute atomic E-state index is 0.0306. The van der Waals surface area contributed by atoms with Crippen molar-refractivity contribution in [2.45, 2.75) is 37.8 Å². The molecule has 0 aromatic heterocycles. The van der Waals surface area contributed by atoms with Crippen LogP contribution >= 0.6 is 0 Å². The molecule has 1 aliphatic rings. The van der Waals surface area contributed by atoms with Crippen molar-refractivity contribution in [1.82, 2.24) is 5.32 Å². The third kappa shape index (κ3) is 3.80. The van der Waals surface area contributed by atoms with Gasteiger partial charge in [0, 0.05) is 17.7 Å². The average molecular weight is 383 g/mol. The summed E-state index contributed by atoms with van der Waals surface area (Å²) < 4.78 is 0. The minimum Gasteiger partial charge on any atom is -0.479 e. The third-order valence-corrected chi connectivity index (χ3v) is 4.88. The number of carbonyl (C=O) groups excluding carboxylic acids is 1. The van der Waals surface area contributed by atoms with Crippen LogP contribution in [0, 0.1) is 10.1 Å². The fourth-order valence-corrected chi connectivity index (χ4v) is 3.08. The summed E-state index contributed by atoms with van der Waals surface area (Å²) >= 11 is 0. The number of anilines is 1. The monoisotopic (exact) mass is 383 g/mol. The van der Waals surface area contributed by atoms with Crippen LogP contribution in [0.5, 0.6) is 0 Å². The summed E-state index contributed by atoms with van der Waals surface area (Å²) in [5.74, 6) is -1.88. The molecule has 0 radical (unpaired) electrons. The van der Waals surface area contributed by atoms with Crippen LogP contribution in [0.4, 0.5) is 11.4 Å². The number of carbonyl (C=O) groups is 2. The summed E-state index contributed by atoms with van der Waals surface area (Å²) in [5, 5.41) is 26.9. The number of rotatable bonds is 8. The lowest BCUT2D eigenvalue weighted by atomic mass is 9.87. The number of benzene rings is 2. The van der Waals surface area contributed by atoms with Gasteiger partial charge in [-0.25, -0.2) is 4.79 Å². The first kappa shape index (κ1) is 19.3. The van der Waals surface area contributed by atoms with Crippen LogP contribution in [-0.4, -0.2) is 27.9 Å². The molecule has 2 aromatic rings. The molecule has 0 aliphatic heterocycles. The van der Waals surface area contributed by atoms with Gasteiger partial charge in [0.15, 0.2) is 5.54 Å². The smallest absolute Gasteiger partial charge is 0.334 e. The van der Waals surface area contributed by atoms with Crippen LogP contribution in [0.3, 0.4) is 0 Å². The van der Waals surface area contributed by atoms with Crippen LogP contribution in [0.15, 0.2) is 48.5 Å². The Morgan fingerprint density at radius 1 is 1.21 bits per heavy atom. The second-order valence-corrected chi connectivity index (χ2v) is 6.79. The first-order valence-electron chi connectivity index (χ1n) is 9.04. The zero-order valence-corrected chi connectivity index (χ0v) is 15.3. The molecule has 1 unspecified atom stereocenters. The molecule has 1 atom stereocenters. The highest BCUT2D eigenvalue weighted by atomic mass is 16.6. The van der Waals surface area contributed by atoms with Crippen molar-refractivity contribution in [1.29, 1.82) is 0 Å². The number of nitrogens with zero attached hydrogens (tertiary/aromatic N) is 1. The number of hydrogen-bond donors (Lipinski definition) is 3. The van der Waals surface area contributed by atoms with Gasteiger partial charge in [0.1, 0.15) is 5.69 Å². The summed E-state index contributed by atoms with van der Waals surface area (Å²) in [4.78, 5) is 35.7. The van der Waals surface area contributed by atoms with Gasteiger partial charge in [-0.15, -0.1) is 0 Å². The molecule has 8 heteroatoms. The molecule has 1 aliphatic carbocycles. The van der Waals surface area contributed by atoms with E-state index in [0.717, 1.165) is 12.8 Å². The molecule has 28 heavy (non-hydrogen) atoms. The summed E-state index contributed by atoms with van der Waals surface area (Å²) in [5.41, 5.74) is -1.02. The summed E-state index contributed by atoms with van der Waals surface area (Å²) in [6, 6.07) is 12.7. The first-order valence-corrected chi connectivity index (χ1v) is 9.04. The van der Waals surface area contributed by atoms with Crippen molar-refractivity contribution < 1.29 is 19.6 Å². The van der Waals surface area contributed by atoms with Crippen molar-refractivity contribution in [3.8, 4) is 0 Å². The fraction of sp³-hybridized carbons (Fsp3) is 0.300.